The molecule has 5 heterocycles. The summed E-state index contributed by atoms with van der Waals surface area (Å²) in [5.41, 5.74) is 11.6. The number of nitrogens with zero attached hydrogens (tertiary/aromatic N) is 5. The maximum atomic E-state index is 12.4. The Morgan fingerprint density at radius 2 is 1.75 bits per heavy atom. The third kappa shape index (κ3) is 5.41. The van der Waals surface area contributed by atoms with Gasteiger partial charge in [-0.3, -0.25) is 13.9 Å². The number of amides is 1. The van der Waals surface area contributed by atoms with Crippen LogP contribution in [-0.4, -0.2) is 95.7 Å². The number of ether oxygens (including phenoxy) is 2. The SMILES string of the molecule is NC(=O)c1ccc[n+]([C@@H]2O[C@H](COP(=O)([O-])OC[C@H]3O[C@@H](n4cnc5c(N)ncnc54)[C@H](O)[C@@H]3O)[C@@H](O)[C@H]2O)c1. The number of fused-ring (bicyclic) bond motifs is 1. The second-order valence-corrected chi connectivity index (χ2v) is 10.5. The van der Waals surface area contributed by atoms with Crippen LogP contribution < -0.4 is 20.9 Å². The summed E-state index contributed by atoms with van der Waals surface area (Å²) >= 11 is 0. The molecule has 216 valence electrons. The van der Waals surface area contributed by atoms with Gasteiger partial charge in [-0.15, -0.1) is 0 Å². The fourth-order valence-electron chi connectivity index (χ4n) is 4.43. The number of imidazole rings is 1. The van der Waals surface area contributed by atoms with Gasteiger partial charge in [-0.05, 0) is 6.07 Å². The second kappa shape index (κ2) is 11.0. The van der Waals surface area contributed by atoms with Crippen LogP contribution in [0.15, 0.2) is 37.2 Å². The highest BCUT2D eigenvalue weighted by Crippen LogP contribution is 2.41. The summed E-state index contributed by atoms with van der Waals surface area (Å²) in [6, 6.07) is 2.92. The molecule has 0 saturated carbocycles. The number of aliphatic hydroxyl groups excluding tert-OH is 4. The summed E-state index contributed by atoms with van der Waals surface area (Å²) in [5, 5.41) is 41.6. The van der Waals surface area contributed by atoms with Gasteiger partial charge in [0.1, 0.15) is 47.9 Å². The van der Waals surface area contributed by atoms with Crippen molar-refractivity contribution >= 4 is 30.7 Å². The molecule has 0 aromatic carbocycles. The van der Waals surface area contributed by atoms with Crippen molar-refractivity contribution in [2.24, 2.45) is 5.73 Å². The van der Waals surface area contributed by atoms with Crippen molar-refractivity contribution in [3.8, 4) is 0 Å². The molecular formula is C21H26N7O11P. The zero-order valence-corrected chi connectivity index (χ0v) is 21.4. The minimum absolute atomic E-state index is 0.0917. The topological polar surface area (TPSA) is 275 Å². The number of nitrogen functional groups attached to an aromatic ring is 1. The molecule has 8 N–H and O–H groups in total. The molecule has 0 aliphatic carbocycles. The average Bonchev–Trinajstić information content (AvgIpc) is 3.57. The van der Waals surface area contributed by atoms with Crippen LogP contribution in [0.25, 0.3) is 11.2 Å². The highest BCUT2D eigenvalue weighted by Gasteiger charge is 2.49. The third-order valence-electron chi connectivity index (χ3n) is 6.53. The van der Waals surface area contributed by atoms with Gasteiger partial charge in [-0.25, -0.2) is 15.0 Å². The number of phosphoric acid groups is 1. The standard InChI is InChI=1S/C21H26N7O11P/c22-17-12-19(25-7-24-17)28(8-26-12)21-16(32)14(30)11(39-21)6-37-40(34,35)36-5-10-13(29)15(31)20(38-10)27-3-1-2-9(4-27)18(23)33/h1-4,7-8,10-11,13-16,20-21,29-32H,5-6H2,(H4-,22,23,24,25,33,34,35)/t10-,11-,13-,14-,15-,16-,20-,21-/m1/s1. The minimum Gasteiger partial charge on any atom is -0.756 e. The second-order valence-electron chi connectivity index (χ2n) is 9.12. The number of rotatable bonds is 9. The minimum atomic E-state index is -5.05. The number of aromatic nitrogens is 5. The molecule has 1 amide bonds. The number of nitrogens with two attached hydrogens (primary N) is 2. The molecular weight excluding hydrogens is 557 g/mol. The molecule has 3 aromatic rings. The molecule has 5 rings (SSSR count). The van der Waals surface area contributed by atoms with Crippen LogP contribution in [-0.2, 0) is 23.1 Å². The Morgan fingerprint density at radius 3 is 2.45 bits per heavy atom. The Balaban J connectivity index is 1.18. The van der Waals surface area contributed by atoms with E-state index in [-0.39, 0.29) is 22.5 Å². The summed E-state index contributed by atoms with van der Waals surface area (Å²) in [7, 11) is -5.05. The summed E-state index contributed by atoms with van der Waals surface area (Å²) in [4.78, 5) is 35.8. The van der Waals surface area contributed by atoms with E-state index in [2.05, 4.69) is 15.0 Å². The van der Waals surface area contributed by atoms with Gasteiger partial charge in [0, 0.05) is 6.07 Å². The Kier molecular flexibility index (Phi) is 7.81. The Morgan fingerprint density at radius 1 is 1.07 bits per heavy atom. The van der Waals surface area contributed by atoms with E-state index >= 15 is 0 Å². The zero-order chi connectivity index (χ0) is 28.8. The molecule has 0 radical (unpaired) electrons. The van der Waals surface area contributed by atoms with Gasteiger partial charge in [0.15, 0.2) is 36.2 Å². The highest BCUT2D eigenvalue weighted by atomic mass is 31.2. The number of anilines is 1. The largest absolute Gasteiger partial charge is 0.756 e. The van der Waals surface area contributed by atoms with Gasteiger partial charge in [0.25, 0.3) is 20.0 Å². The third-order valence-corrected chi connectivity index (χ3v) is 7.46. The summed E-state index contributed by atoms with van der Waals surface area (Å²) in [5.74, 6) is -0.631. The van der Waals surface area contributed by atoms with E-state index in [0.717, 1.165) is 0 Å². The van der Waals surface area contributed by atoms with E-state index in [4.69, 9.17) is 30.0 Å². The average molecular weight is 583 g/mol. The van der Waals surface area contributed by atoms with Crippen LogP contribution in [0.3, 0.4) is 0 Å². The summed E-state index contributed by atoms with van der Waals surface area (Å²) in [6.07, 6.45) is -5.82. The number of hydrogen-bond acceptors (Lipinski definition) is 15. The number of aliphatic hydroxyl groups is 4. The number of carbonyl (C=O) groups is 1. The first kappa shape index (κ1) is 28.4. The quantitative estimate of drug-likeness (QED) is 0.104. The van der Waals surface area contributed by atoms with Crippen molar-refractivity contribution in [2.75, 3.05) is 18.9 Å². The first-order valence-electron chi connectivity index (χ1n) is 11.8. The van der Waals surface area contributed by atoms with Crippen LogP contribution in [0.4, 0.5) is 5.82 Å². The van der Waals surface area contributed by atoms with Crippen molar-refractivity contribution in [2.45, 2.75) is 49.1 Å². The molecule has 9 atom stereocenters. The number of phosphoric ester groups is 1. The van der Waals surface area contributed by atoms with E-state index in [9.17, 15) is 34.7 Å². The molecule has 18 nitrogen and oxygen atoms in total. The molecule has 2 fully saturated rings. The van der Waals surface area contributed by atoms with Gasteiger partial charge in [-0.1, -0.05) is 0 Å². The number of primary amides is 1. The lowest BCUT2D eigenvalue weighted by atomic mass is 10.1. The lowest BCUT2D eigenvalue weighted by Gasteiger charge is -2.26. The fraction of sp³-hybridized carbons (Fsp3) is 0.476. The molecule has 2 aliphatic heterocycles. The summed E-state index contributed by atoms with van der Waals surface area (Å²) < 4.78 is 35.8. The predicted molar refractivity (Wildman–Crippen MR) is 126 cm³/mol. The Bertz CT molecular complexity index is 1440. The first-order chi connectivity index (χ1) is 19.0. The monoisotopic (exact) mass is 583 g/mol. The van der Waals surface area contributed by atoms with Crippen molar-refractivity contribution in [1.82, 2.24) is 19.5 Å². The van der Waals surface area contributed by atoms with Gasteiger partial charge in [0.05, 0.1) is 19.5 Å². The number of carbonyl (C=O) groups excluding carboxylic acids is 1. The van der Waals surface area contributed by atoms with Gasteiger partial charge in [-0.2, -0.15) is 4.57 Å². The maximum absolute atomic E-state index is 12.4. The van der Waals surface area contributed by atoms with Crippen LogP contribution in [0.2, 0.25) is 0 Å². The molecule has 19 heteroatoms. The van der Waals surface area contributed by atoms with Crippen molar-refractivity contribution < 1.29 is 57.8 Å². The van der Waals surface area contributed by atoms with Crippen LogP contribution in [0.1, 0.15) is 22.8 Å². The summed E-state index contributed by atoms with van der Waals surface area (Å²) in [6.45, 7) is -1.46. The van der Waals surface area contributed by atoms with Crippen LogP contribution in [0.5, 0.6) is 0 Å². The van der Waals surface area contributed by atoms with Gasteiger partial charge < -0.3 is 55.3 Å². The number of hydrogen-bond donors (Lipinski definition) is 6. The lowest BCUT2D eigenvalue weighted by molar-refractivity contribution is -0.765. The van der Waals surface area contributed by atoms with E-state index in [0.29, 0.717) is 0 Å². The van der Waals surface area contributed by atoms with Gasteiger partial charge in [0.2, 0.25) is 0 Å². The Hall–Kier alpha value is -3.16. The highest BCUT2D eigenvalue weighted by molar-refractivity contribution is 7.45. The van der Waals surface area contributed by atoms with E-state index < -0.39 is 76.0 Å². The van der Waals surface area contributed by atoms with Crippen molar-refractivity contribution in [3.63, 3.8) is 0 Å². The van der Waals surface area contributed by atoms with Crippen molar-refractivity contribution in [1.29, 1.82) is 0 Å². The van der Waals surface area contributed by atoms with Gasteiger partial charge >= 0.3 is 0 Å². The van der Waals surface area contributed by atoms with E-state index in [1.54, 1.807) is 0 Å². The molecule has 40 heavy (non-hydrogen) atoms. The fourth-order valence-corrected chi connectivity index (χ4v) is 5.16. The number of pyridine rings is 1. The van der Waals surface area contributed by atoms with E-state index in [1.165, 1.54) is 46.3 Å². The molecule has 2 saturated heterocycles. The van der Waals surface area contributed by atoms with Crippen LogP contribution >= 0.6 is 7.82 Å². The molecule has 0 spiro atoms. The first-order valence-corrected chi connectivity index (χ1v) is 13.3. The zero-order valence-electron chi connectivity index (χ0n) is 20.5. The van der Waals surface area contributed by atoms with Crippen molar-refractivity contribution in [3.05, 3.63) is 42.7 Å². The maximum Gasteiger partial charge on any atom is 0.292 e. The smallest absolute Gasteiger partial charge is 0.292 e. The normalized spacial score (nSPS) is 31.9. The lowest BCUT2D eigenvalue weighted by Crippen LogP contribution is -2.46. The molecule has 3 aromatic heterocycles. The molecule has 2 aliphatic rings. The molecule has 1 unspecified atom stereocenters. The van der Waals surface area contributed by atoms with E-state index in [1.807, 2.05) is 0 Å². The Labute approximate surface area is 224 Å². The predicted octanol–water partition coefficient (Wildman–Crippen LogP) is -3.76. The van der Waals surface area contributed by atoms with Crippen LogP contribution in [0, 0.1) is 0 Å². The molecule has 0 bridgehead atoms.